The molecule has 1 aliphatic heterocycles. The highest BCUT2D eigenvalue weighted by Gasteiger charge is 2.35. The summed E-state index contributed by atoms with van der Waals surface area (Å²) in [7, 11) is 0. The normalized spacial score (nSPS) is 16.1. The summed E-state index contributed by atoms with van der Waals surface area (Å²) in [6.45, 7) is 1.42. The van der Waals surface area contributed by atoms with Gasteiger partial charge in [-0.05, 0) is 42.8 Å². The van der Waals surface area contributed by atoms with E-state index in [9.17, 15) is 14.4 Å². The van der Waals surface area contributed by atoms with Crippen LogP contribution in [0.5, 0.6) is 0 Å². The zero-order valence-corrected chi connectivity index (χ0v) is 17.8. The van der Waals surface area contributed by atoms with E-state index in [1.54, 1.807) is 37.3 Å². The van der Waals surface area contributed by atoms with Crippen LogP contribution >= 0.6 is 23.2 Å². The molecule has 31 heavy (non-hydrogen) atoms. The van der Waals surface area contributed by atoms with Gasteiger partial charge in [-0.1, -0.05) is 29.3 Å². The predicted octanol–water partition coefficient (Wildman–Crippen LogP) is 4.01. The number of carbonyl (C=O) groups excluding carboxylic acids is 3. The summed E-state index contributed by atoms with van der Waals surface area (Å²) < 4.78 is 15.6. The third kappa shape index (κ3) is 5.68. The van der Waals surface area contributed by atoms with Crippen molar-refractivity contribution in [3.63, 3.8) is 0 Å². The maximum atomic E-state index is 12.5. The molecule has 2 heterocycles. The number of hydrogen-bond acceptors (Lipinski definition) is 6. The van der Waals surface area contributed by atoms with E-state index in [-0.39, 0.29) is 24.5 Å². The minimum atomic E-state index is -0.886. The summed E-state index contributed by atoms with van der Waals surface area (Å²) in [6.07, 6.45) is 4.11. The Bertz CT molecular complexity index is 1050. The SMILES string of the molecule is CCOC(=O)C1=C(COC(=O)/C=C/c2ccc(Cl)c(Cl)c2)NC(=O)NC1c1ccco1. The molecule has 10 heteroatoms. The third-order valence-corrected chi connectivity index (χ3v) is 4.93. The molecule has 2 amide bonds. The van der Waals surface area contributed by atoms with Gasteiger partial charge in [-0.3, -0.25) is 0 Å². The highest BCUT2D eigenvalue weighted by Crippen LogP contribution is 2.28. The number of ether oxygens (including phenoxy) is 2. The molecular weight excluding hydrogens is 447 g/mol. The number of benzene rings is 1. The van der Waals surface area contributed by atoms with Crippen molar-refractivity contribution in [2.75, 3.05) is 13.2 Å². The van der Waals surface area contributed by atoms with E-state index in [1.807, 2.05) is 0 Å². The van der Waals surface area contributed by atoms with Crippen molar-refractivity contribution in [2.45, 2.75) is 13.0 Å². The maximum absolute atomic E-state index is 12.5. The quantitative estimate of drug-likeness (QED) is 0.473. The van der Waals surface area contributed by atoms with E-state index >= 15 is 0 Å². The monoisotopic (exact) mass is 464 g/mol. The fourth-order valence-corrected chi connectivity index (χ4v) is 3.13. The number of rotatable bonds is 7. The standard InChI is InChI=1S/C21H18Cl2N2O6/c1-2-29-20(27)18-15(24-21(28)25-19(18)16-4-3-9-30-16)11-31-17(26)8-6-12-5-7-13(22)14(23)10-12/h3-10,19H,2,11H2,1H3,(H2,24,25,28)/b8-6+. The highest BCUT2D eigenvalue weighted by atomic mass is 35.5. The summed E-state index contributed by atoms with van der Waals surface area (Å²) in [5.41, 5.74) is 0.823. The molecule has 2 N–H and O–H groups in total. The van der Waals surface area contributed by atoms with Crippen molar-refractivity contribution in [1.82, 2.24) is 10.6 Å². The lowest BCUT2D eigenvalue weighted by molar-refractivity contribution is -0.140. The van der Waals surface area contributed by atoms with E-state index in [2.05, 4.69) is 10.6 Å². The van der Waals surface area contributed by atoms with Crippen molar-refractivity contribution < 1.29 is 28.3 Å². The first kappa shape index (κ1) is 22.5. The number of carbonyl (C=O) groups is 3. The van der Waals surface area contributed by atoms with Crippen LogP contribution in [0.1, 0.15) is 24.3 Å². The molecule has 0 fully saturated rings. The smallest absolute Gasteiger partial charge is 0.338 e. The molecule has 1 aromatic carbocycles. The zero-order valence-electron chi connectivity index (χ0n) is 16.3. The molecule has 0 radical (unpaired) electrons. The third-order valence-electron chi connectivity index (χ3n) is 4.19. The average Bonchev–Trinajstić information content (AvgIpc) is 3.27. The Labute approximate surface area is 187 Å². The zero-order chi connectivity index (χ0) is 22.4. The Morgan fingerprint density at radius 3 is 2.68 bits per heavy atom. The molecule has 1 unspecified atom stereocenters. The van der Waals surface area contributed by atoms with Crippen molar-refractivity contribution in [3.8, 4) is 0 Å². The first-order chi connectivity index (χ1) is 14.9. The molecule has 1 aliphatic rings. The van der Waals surface area contributed by atoms with Gasteiger partial charge in [-0.15, -0.1) is 0 Å². The second-order valence-corrected chi connectivity index (χ2v) is 7.09. The number of amides is 2. The van der Waals surface area contributed by atoms with E-state index in [1.165, 1.54) is 18.4 Å². The van der Waals surface area contributed by atoms with Gasteiger partial charge in [0, 0.05) is 6.08 Å². The van der Waals surface area contributed by atoms with Crippen molar-refractivity contribution in [1.29, 1.82) is 0 Å². The van der Waals surface area contributed by atoms with E-state index < -0.39 is 24.0 Å². The van der Waals surface area contributed by atoms with E-state index in [0.717, 1.165) is 0 Å². The minimum Gasteiger partial charge on any atom is -0.467 e. The molecule has 0 bridgehead atoms. The topological polar surface area (TPSA) is 107 Å². The Balaban J connectivity index is 1.78. The highest BCUT2D eigenvalue weighted by molar-refractivity contribution is 6.42. The lowest BCUT2D eigenvalue weighted by Gasteiger charge is -2.27. The van der Waals surface area contributed by atoms with Crippen LogP contribution in [0.15, 0.2) is 58.4 Å². The van der Waals surface area contributed by atoms with Gasteiger partial charge >= 0.3 is 18.0 Å². The molecule has 0 saturated heterocycles. The number of urea groups is 1. The van der Waals surface area contributed by atoms with Gasteiger partial charge in [-0.2, -0.15) is 0 Å². The fourth-order valence-electron chi connectivity index (χ4n) is 2.82. The van der Waals surface area contributed by atoms with Gasteiger partial charge in [0.05, 0.1) is 34.2 Å². The maximum Gasteiger partial charge on any atom is 0.338 e. The fraction of sp³-hybridized carbons (Fsp3) is 0.190. The number of hydrogen-bond donors (Lipinski definition) is 2. The Morgan fingerprint density at radius 2 is 2.00 bits per heavy atom. The van der Waals surface area contributed by atoms with Crippen LogP contribution in [0.25, 0.3) is 6.08 Å². The predicted molar refractivity (Wildman–Crippen MR) is 113 cm³/mol. The lowest BCUT2D eigenvalue weighted by atomic mass is 10.0. The molecule has 0 saturated carbocycles. The summed E-state index contributed by atoms with van der Waals surface area (Å²) in [4.78, 5) is 36.8. The van der Waals surface area contributed by atoms with Crippen molar-refractivity contribution in [3.05, 3.63) is 75.3 Å². The second-order valence-electron chi connectivity index (χ2n) is 6.27. The molecule has 3 rings (SSSR count). The summed E-state index contributed by atoms with van der Waals surface area (Å²) in [5.74, 6) is -1.03. The van der Waals surface area contributed by atoms with Gasteiger partial charge in [0.1, 0.15) is 18.4 Å². The molecule has 162 valence electrons. The summed E-state index contributed by atoms with van der Waals surface area (Å²) >= 11 is 11.8. The van der Waals surface area contributed by atoms with Crippen LogP contribution in [0, 0.1) is 0 Å². The van der Waals surface area contributed by atoms with Gasteiger partial charge in [0.2, 0.25) is 0 Å². The van der Waals surface area contributed by atoms with Gasteiger partial charge in [0.25, 0.3) is 0 Å². The van der Waals surface area contributed by atoms with Crippen LogP contribution in [0.2, 0.25) is 10.0 Å². The van der Waals surface area contributed by atoms with Gasteiger partial charge in [0.15, 0.2) is 0 Å². The molecule has 2 aromatic rings. The minimum absolute atomic E-state index is 0.0812. The van der Waals surface area contributed by atoms with Crippen LogP contribution < -0.4 is 10.6 Å². The molecule has 8 nitrogen and oxygen atoms in total. The molecule has 1 atom stereocenters. The van der Waals surface area contributed by atoms with Gasteiger partial charge < -0.3 is 24.5 Å². The Kier molecular flexibility index (Phi) is 7.38. The number of furan rings is 1. The van der Waals surface area contributed by atoms with Crippen molar-refractivity contribution in [2.24, 2.45) is 0 Å². The summed E-state index contributed by atoms with van der Waals surface area (Å²) in [6, 6.07) is 6.65. The van der Waals surface area contributed by atoms with Crippen LogP contribution in [0.4, 0.5) is 4.79 Å². The van der Waals surface area contributed by atoms with Crippen molar-refractivity contribution >= 4 is 47.2 Å². The Hall–Kier alpha value is -3.23. The first-order valence-corrected chi connectivity index (χ1v) is 9.95. The molecular formula is C21H18Cl2N2O6. The van der Waals surface area contributed by atoms with Crippen LogP contribution in [0.3, 0.4) is 0 Å². The number of halogens is 2. The van der Waals surface area contributed by atoms with E-state index in [0.29, 0.717) is 21.4 Å². The Morgan fingerprint density at radius 1 is 1.19 bits per heavy atom. The van der Waals surface area contributed by atoms with Crippen LogP contribution in [-0.4, -0.2) is 31.2 Å². The molecule has 0 aliphatic carbocycles. The molecule has 0 spiro atoms. The van der Waals surface area contributed by atoms with Crippen LogP contribution in [-0.2, 0) is 19.1 Å². The average molecular weight is 465 g/mol. The van der Waals surface area contributed by atoms with Gasteiger partial charge in [-0.25, -0.2) is 14.4 Å². The number of nitrogens with one attached hydrogen (secondary N) is 2. The second kappa shape index (κ2) is 10.2. The number of esters is 2. The van der Waals surface area contributed by atoms with E-state index in [4.69, 9.17) is 37.1 Å². The molecule has 1 aromatic heterocycles. The lowest BCUT2D eigenvalue weighted by Crippen LogP contribution is -2.47. The largest absolute Gasteiger partial charge is 0.467 e. The first-order valence-electron chi connectivity index (χ1n) is 9.20. The summed E-state index contributed by atoms with van der Waals surface area (Å²) in [5, 5.41) is 5.84.